The van der Waals surface area contributed by atoms with Crippen LogP contribution >= 0.6 is 11.3 Å². The molecule has 0 atom stereocenters. The predicted octanol–water partition coefficient (Wildman–Crippen LogP) is 4.52. The fourth-order valence-electron chi connectivity index (χ4n) is 3.05. The van der Waals surface area contributed by atoms with Gasteiger partial charge >= 0.3 is 0 Å². The van der Waals surface area contributed by atoms with Crippen LogP contribution in [0.1, 0.15) is 26.5 Å². The Kier molecular flexibility index (Phi) is 4.85. The summed E-state index contributed by atoms with van der Waals surface area (Å²) in [5.41, 5.74) is 4.32. The second-order valence-corrected chi connectivity index (χ2v) is 7.75. The van der Waals surface area contributed by atoms with Crippen molar-refractivity contribution in [3.05, 3.63) is 86.5 Å². The maximum atomic E-state index is 12.6. The number of hydrogen-bond donors (Lipinski definition) is 1. The molecule has 29 heavy (non-hydrogen) atoms. The van der Waals surface area contributed by atoms with Crippen molar-refractivity contribution in [1.82, 2.24) is 14.7 Å². The van der Waals surface area contributed by atoms with Crippen molar-refractivity contribution >= 4 is 27.9 Å². The third-order valence-corrected chi connectivity index (χ3v) is 5.85. The Bertz CT molecular complexity index is 1220. The van der Waals surface area contributed by atoms with Crippen LogP contribution in [0.15, 0.2) is 54.7 Å². The molecule has 0 bridgehead atoms. The van der Waals surface area contributed by atoms with Crippen molar-refractivity contribution in [1.29, 1.82) is 0 Å². The number of imidazole rings is 1. The van der Waals surface area contributed by atoms with Crippen LogP contribution in [0.4, 0.5) is 5.69 Å². The van der Waals surface area contributed by atoms with Crippen LogP contribution in [0.2, 0.25) is 0 Å². The SMILES string of the molecule is Cc1ccc(CNC(=O)c2sc3nc(-c4cccc([N+](=O)[O-])c4)cn3c2C)cc1. The van der Waals surface area contributed by atoms with Gasteiger partial charge in [0.25, 0.3) is 11.6 Å². The molecule has 0 saturated carbocycles. The minimum absolute atomic E-state index is 0.0201. The molecule has 1 N–H and O–H groups in total. The van der Waals surface area contributed by atoms with Gasteiger partial charge in [0.1, 0.15) is 4.88 Å². The molecule has 4 aromatic rings. The number of carbonyl (C=O) groups excluding carboxylic acids is 1. The number of aryl methyl sites for hydroxylation is 2. The average molecular weight is 406 g/mol. The lowest BCUT2D eigenvalue weighted by Gasteiger charge is -2.05. The van der Waals surface area contributed by atoms with Gasteiger partial charge in [0, 0.05) is 36.1 Å². The minimum Gasteiger partial charge on any atom is -0.347 e. The van der Waals surface area contributed by atoms with E-state index in [9.17, 15) is 14.9 Å². The summed E-state index contributed by atoms with van der Waals surface area (Å²) in [6, 6.07) is 14.4. The predicted molar refractivity (Wildman–Crippen MR) is 112 cm³/mol. The first-order chi connectivity index (χ1) is 13.9. The first kappa shape index (κ1) is 18.8. The molecular weight excluding hydrogens is 388 g/mol. The number of rotatable bonds is 5. The van der Waals surface area contributed by atoms with Crippen LogP contribution in [-0.2, 0) is 6.54 Å². The van der Waals surface area contributed by atoms with Crippen molar-refractivity contribution < 1.29 is 9.72 Å². The molecule has 0 spiro atoms. The van der Waals surface area contributed by atoms with Crippen molar-refractivity contribution in [2.45, 2.75) is 20.4 Å². The van der Waals surface area contributed by atoms with Gasteiger partial charge in [0.05, 0.1) is 10.6 Å². The topological polar surface area (TPSA) is 89.5 Å². The normalized spacial score (nSPS) is 11.0. The van der Waals surface area contributed by atoms with Gasteiger partial charge in [-0.3, -0.25) is 19.3 Å². The van der Waals surface area contributed by atoms with E-state index in [0.29, 0.717) is 27.6 Å². The third-order valence-electron chi connectivity index (χ3n) is 4.69. The van der Waals surface area contributed by atoms with Gasteiger partial charge in [-0.15, -0.1) is 0 Å². The molecular formula is C21H18N4O3S. The molecule has 2 aromatic carbocycles. The van der Waals surface area contributed by atoms with E-state index in [1.807, 2.05) is 42.5 Å². The van der Waals surface area contributed by atoms with Crippen molar-refractivity contribution in [2.24, 2.45) is 0 Å². The molecule has 2 aromatic heterocycles. The molecule has 146 valence electrons. The van der Waals surface area contributed by atoms with Crippen LogP contribution < -0.4 is 5.32 Å². The van der Waals surface area contributed by atoms with E-state index < -0.39 is 4.92 Å². The van der Waals surface area contributed by atoms with Crippen LogP contribution in [0.25, 0.3) is 16.2 Å². The number of hydrogen-bond acceptors (Lipinski definition) is 5. The van der Waals surface area contributed by atoms with E-state index in [4.69, 9.17) is 0 Å². The summed E-state index contributed by atoms with van der Waals surface area (Å²) in [4.78, 5) is 29.0. The number of thiazole rings is 1. The minimum atomic E-state index is -0.427. The number of carbonyl (C=O) groups is 1. The van der Waals surface area contributed by atoms with E-state index in [1.54, 1.807) is 18.3 Å². The molecule has 4 rings (SSSR count). The molecule has 0 aliphatic heterocycles. The summed E-state index contributed by atoms with van der Waals surface area (Å²) in [6.45, 7) is 4.34. The van der Waals surface area contributed by atoms with E-state index in [0.717, 1.165) is 11.3 Å². The number of non-ortho nitro benzene ring substituents is 1. The standard InChI is InChI=1S/C21H18N4O3S/c1-13-6-8-15(9-7-13)11-22-20(26)19-14(2)24-12-18(23-21(24)29-19)16-4-3-5-17(10-16)25(27)28/h3-10,12H,11H2,1-2H3,(H,22,26). The Hall–Kier alpha value is -3.52. The Balaban J connectivity index is 1.56. The fourth-order valence-corrected chi connectivity index (χ4v) is 4.07. The third kappa shape index (κ3) is 3.74. The number of nitrogens with zero attached hydrogens (tertiary/aromatic N) is 3. The lowest BCUT2D eigenvalue weighted by Crippen LogP contribution is -2.22. The lowest BCUT2D eigenvalue weighted by atomic mass is 10.1. The maximum absolute atomic E-state index is 12.6. The molecule has 0 aliphatic carbocycles. The number of fused-ring (bicyclic) bond motifs is 1. The Morgan fingerprint density at radius 3 is 2.66 bits per heavy atom. The van der Waals surface area contributed by atoms with E-state index in [1.165, 1.54) is 29.0 Å². The fraction of sp³-hybridized carbons (Fsp3) is 0.143. The zero-order chi connectivity index (χ0) is 20.5. The highest BCUT2D eigenvalue weighted by Gasteiger charge is 2.18. The van der Waals surface area contributed by atoms with Crippen molar-refractivity contribution in [3.8, 4) is 11.3 Å². The van der Waals surface area contributed by atoms with Gasteiger partial charge < -0.3 is 5.32 Å². The molecule has 0 aliphatic rings. The number of benzene rings is 2. The largest absolute Gasteiger partial charge is 0.347 e. The zero-order valence-electron chi connectivity index (χ0n) is 15.9. The van der Waals surface area contributed by atoms with E-state index in [2.05, 4.69) is 10.3 Å². The summed E-state index contributed by atoms with van der Waals surface area (Å²) < 4.78 is 1.85. The zero-order valence-corrected chi connectivity index (χ0v) is 16.7. The molecule has 0 fully saturated rings. The summed E-state index contributed by atoms with van der Waals surface area (Å²) >= 11 is 1.30. The van der Waals surface area contributed by atoms with Gasteiger partial charge in [-0.25, -0.2) is 4.98 Å². The number of aromatic nitrogens is 2. The Morgan fingerprint density at radius 2 is 1.97 bits per heavy atom. The maximum Gasteiger partial charge on any atom is 0.270 e. The smallest absolute Gasteiger partial charge is 0.270 e. The molecule has 7 nitrogen and oxygen atoms in total. The van der Waals surface area contributed by atoms with Crippen LogP contribution in [0, 0.1) is 24.0 Å². The molecule has 8 heteroatoms. The first-order valence-corrected chi connectivity index (χ1v) is 9.81. The Morgan fingerprint density at radius 1 is 1.21 bits per heavy atom. The van der Waals surface area contributed by atoms with E-state index in [-0.39, 0.29) is 11.6 Å². The van der Waals surface area contributed by atoms with Gasteiger partial charge in [-0.1, -0.05) is 53.3 Å². The highest BCUT2D eigenvalue weighted by molar-refractivity contribution is 7.19. The molecule has 0 saturated heterocycles. The van der Waals surface area contributed by atoms with Gasteiger partial charge in [-0.2, -0.15) is 0 Å². The Labute approximate surface area is 170 Å². The number of nitro benzene ring substituents is 1. The molecule has 0 unspecified atom stereocenters. The lowest BCUT2D eigenvalue weighted by molar-refractivity contribution is -0.384. The summed E-state index contributed by atoms with van der Waals surface area (Å²) in [7, 11) is 0. The molecule has 2 heterocycles. The summed E-state index contributed by atoms with van der Waals surface area (Å²) in [6.07, 6.45) is 1.80. The second kappa shape index (κ2) is 7.48. The van der Waals surface area contributed by atoms with Gasteiger partial charge in [-0.05, 0) is 19.4 Å². The quantitative estimate of drug-likeness (QED) is 0.390. The van der Waals surface area contributed by atoms with E-state index >= 15 is 0 Å². The first-order valence-electron chi connectivity index (χ1n) is 8.99. The van der Waals surface area contributed by atoms with Crippen LogP contribution in [-0.4, -0.2) is 20.2 Å². The molecule has 1 amide bonds. The average Bonchev–Trinajstić information content (AvgIpc) is 3.27. The molecule has 0 radical (unpaired) electrons. The van der Waals surface area contributed by atoms with Crippen molar-refractivity contribution in [2.75, 3.05) is 0 Å². The second-order valence-electron chi connectivity index (χ2n) is 6.77. The number of nitrogens with one attached hydrogen (secondary N) is 1. The van der Waals surface area contributed by atoms with Crippen LogP contribution in [0.3, 0.4) is 0 Å². The monoisotopic (exact) mass is 406 g/mol. The van der Waals surface area contributed by atoms with Gasteiger partial charge in [0.15, 0.2) is 4.96 Å². The summed E-state index contributed by atoms with van der Waals surface area (Å²) in [5, 5.41) is 13.9. The summed E-state index contributed by atoms with van der Waals surface area (Å²) in [5.74, 6) is -0.143. The highest BCUT2D eigenvalue weighted by Crippen LogP contribution is 2.28. The van der Waals surface area contributed by atoms with Crippen LogP contribution in [0.5, 0.6) is 0 Å². The number of amides is 1. The number of nitro groups is 1. The van der Waals surface area contributed by atoms with Crippen molar-refractivity contribution in [3.63, 3.8) is 0 Å². The highest BCUT2D eigenvalue weighted by atomic mass is 32.1. The van der Waals surface area contributed by atoms with Gasteiger partial charge in [0.2, 0.25) is 0 Å².